The van der Waals surface area contributed by atoms with Crippen LogP contribution >= 0.6 is 11.8 Å². The highest BCUT2D eigenvalue weighted by molar-refractivity contribution is 8.00. The minimum Gasteiger partial charge on any atom is -0.293 e. The molecule has 1 atom stereocenters. The van der Waals surface area contributed by atoms with Gasteiger partial charge in [0.05, 0.1) is 5.25 Å². The molecule has 0 spiro atoms. The first-order valence-electron chi connectivity index (χ1n) is 5.15. The van der Waals surface area contributed by atoms with Gasteiger partial charge in [0.1, 0.15) is 0 Å². The Balaban J connectivity index is 2.47. The van der Waals surface area contributed by atoms with Crippen LogP contribution < -0.4 is 0 Å². The van der Waals surface area contributed by atoms with E-state index in [0.717, 1.165) is 6.07 Å². The third kappa shape index (κ3) is 1.75. The highest BCUT2D eigenvalue weighted by atomic mass is 32.2. The molecular formula is C12H12F2OS. The molecule has 1 aromatic carbocycles. The third-order valence-electron chi connectivity index (χ3n) is 2.73. The Kier molecular flexibility index (Phi) is 3.02. The SMILES string of the molecule is CC(C)C1SCc2c(ccc(F)c2F)C1=O. The van der Waals surface area contributed by atoms with E-state index >= 15 is 0 Å². The van der Waals surface area contributed by atoms with Crippen molar-refractivity contribution in [1.29, 1.82) is 0 Å². The maximum atomic E-state index is 13.4. The van der Waals surface area contributed by atoms with Crippen LogP contribution in [0.5, 0.6) is 0 Å². The number of benzene rings is 1. The molecule has 4 heteroatoms. The number of hydrogen-bond acceptors (Lipinski definition) is 2. The standard InChI is InChI=1S/C12H12F2OS/c1-6(2)12-11(15)7-3-4-9(13)10(14)8(7)5-16-12/h3-4,6,12H,5H2,1-2H3. The molecule has 1 nitrogen and oxygen atoms in total. The summed E-state index contributed by atoms with van der Waals surface area (Å²) in [5, 5.41) is -0.141. The van der Waals surface area contributed by atoms with Gasteiger partial charge in [0.2, 0.25) is 0 Å². The minimum absolute atomic E-state index is 0.0832. The van der Waals surface area contributed by atoms with Gasteiger partial charge in [0, 0.05) is 16.9 Å². The van der Waals surface area contributed by atoms with Gasteiger partial charge in [0.25, 0.3) is 0 Å². The van der Waals surface area contributed by atoms with Crippen molar-refractivity contribution in [2.45, 2.75) is 24.9 Å². The summed E-state index contributed by atoms with van der Waals surface area (Å²) in [5.74, 6) is -1.26. The van der Waals surface area contributed by atoms with Gasteiger partial charge in [0.15, 0.2) is 17.4 Å². The number of fused-ring (bicyclic) bond motifs is 1. The van der Waals surface area contributed by atoms with Crippen LogP contribution in [-0.2, 0) is 5.75 Å². The summed E-state index contributed by atoms with van der Waals surface area (Å²) in [6, 6.07) is 2.42. The summed E-state index contributed by atoms with van der Waals surface area (Å²) in [5.41, 5.74) is 0.559. The molecule has 1 aliphatic heterocycles. The number of rotatable bonds is 1. The van der Waals surface area contributed by atoms with Crippen LogP contribution in [0, 0.1) is 17.6 Å². The van der Waals surface area contributed by atoms with E-state index in [2.05, 4.69) is 0 Å². The zero-order chi connectivity index (χ0) is 11.9. The van der Waals surface area contributed by atoms with Gasteiger partial charge in [-0.05, 0) is 18.1 Å². The lowest BCUT2D eigenvalue weighted by atomic mass is 9.96. The molecule has 0 aliphatic carbocycles. The predicted molar refractivity (Wildman–Crippen MR) is 60.6 cm³/mol. The van der Waals surface area contributed by atoms with Crippen LogP contribution in [0.2, 0.25) is 0 Å². The lowest BCUT2D eigenvalue weighted by Crippen LogP contribution is -2.28. The van der Waals surface area contributed by atoms with Crippen molar-refractivity contribution in [1.82, 2.24) is 0 Å². The second-order valence-electron chi connectivity index (χ2n) is 4.23. The summed E-state index contributed by atoms with van der Waals surface area (Å²) in [6.07, 6.45) is 0. The van der Waals surface area contributed by atoms with Gasteiger partial charge >= 0.3 is 0 Å². The van der Waals surface area contributed by atoms with Crippen LogP contribution in [0.25, 0.3) is 0 Å². The zero-order valence-electron chi connectivity index (χ0n) is 9.09. The topological polar surface area (TPSA) is 17.1 Å². The summed E-state index contributed by atoms with van der Waals surface area (Å²) >= 11 is 1.39. The average Bonchev–Trinajstić information content (AvgIpc) is 2.23. The van der Waals surface area contributed by atoms with Crippen LogP contribution in [0.3, 0.4) is 0 Å². The van der Waals surface area contributed by atoms with Crippen molar-refractivity contribution in [2.75, 3.05) is 0 Å². The smallest absolute Gasteiger partial charge is 0.176 e. The highest BCUT2D eigenvalue weighted by Gasteiger charge is 2.32. The fourth-order valence-electron chi connectivity index (χ4n) is 1.86. The predicted octanol–water partition coefficient (Wildman–Crippen LogP) is 3.42. The molecule has 2 rings (SSSR count). The Bertz CT molecular complexity index is 443. The van der Waals surface area contributed by atoms with Crippen LogP contribution in [0.1, 0.15) is 29.8 Å². The van der Waals surface area contributed by atoms with Crippen LogP contribution in [0.15, 0.2) is 12.1 Å². The summed E-state index contributed by atoms with van der Waals surface area (Å²) in [6.45, 7) is 3.92. The minimum atomic E-state index is -0.879. The van der Waals surface area contributed by atoms with Gasteiger partial charge < -0.3 is 0 Å². The molecule has 0 amide bonds. The fraction of sp³-hybridized carbons (Fsp3) is 0.417. The van der Waals surface area contributed by atoms with Crippen molar-refractivity contribution >= 4 is 17.5 Å². The van der Waals surface area contributed by atoms with E-state index in [1.165, 1.54) is 17.8 Å². The number of ketones is 1. The van der Waals surface area contributed by atoms with E-state index in [9.17, 15) is 13.6 Å². The molecule has 0 radical (unpaired) electrons. The van der Waals surface area contributed by atoms with Crippen molar-refractivity contribution in [2.24, 2.45) is 5.92 Å². The molecule has 16 heavy (non-hydrogen) atoms. The fourth-order valence-corrected chi connectivity index (χ4v) is 3.15. The van der Waals surface area contributed by atoms with E-state index in [4.69, 9.17) is 0 Å². The number of halogens is 2. The van der Waals surface area contributed by atoms with Crippen molar-refractivity contribution < 1.29 is 13.6 Å². The van der Waals surface area contributed by atoms with Crippen molar-refractivity contribution in [3.05, 3.63) is 34.9 Å². The van der Waals surface area contributed by atoms with E-state index in [1.54, 1.807) is 0 Å². The Morgan fingerprint density at radius 3 is 2.69 bits per heavy atom. The monoisotopic (exact) mass is 242 g/mol. The molecule has 0 N–H and O–H groups in total. The van der Waals surface area contributed by atoms with E-state index in [0.29, 0.717) is 11.3 Å². The van der Waals surface area contributed by atoms with Crippen LogP contribution in [0.4, 0.5) is 8.78 Å². The second kappa shape index (κ2) is 4.17. The van der Waals surface area contributed by atoms with Crippen molar-refractivity contribution in [3.63, 3.8) is 0 Å². The van der Waals surface area contributed by atoms with Gasteiger partial charge in [-0.15, -0.1) is 11.8 Å². The average molecular weight is 242 g/mol. The molecule has 1 unspecified atom stereocenters. The maximum absolute atomic E-state index is 13.4. The Hall–Kier alpha value is -0.900. The first kappa shape index (κ1) is 11.6. The molecule has 0 fully saturated rings. The molecule has 1 aromatic rings. The molecule has 0 bridgehead atoms. The molecular weight excluding hydrogens is 230 g/mol. The molecule has 0 saturated heterocycles. The number of Topliss-reactive ketones (excluding diaryl/α,β-unsaturated/α-hetero) is 1. The summed E-state index contributed by atoms with van der Waals surface area (Å²) < 4.78 is 26.4. The third-order valence-corrected chi connectivity index (χ3v) is 4.31. The maximum Gasteiger partial charge on any atom is 0.176 e. The second-order valence-corrected chi connectivity index (χ2v) is 5.36. The molecule has 0 saturated carbocycles. The van der Waals surface area contributed by atoms with Gasteiger partial charge in [-0.3, -0.25) is 4.79 Å². The number of thioether (sulfide) groups is 1. The van der Waals surface area contributed by atoms with Crippen LogP contribution in [-0.4, -0.2) is 11.0 Å². The first-order chi connectivity index (χ1) is 7.52. The van der Waals surface area contributed by atoms with Gasteiger partial charge in [-0.1, -0.05) is 13.8 Å². The molecule has 86 valence electrons. The molecule has 0 aromatic heterocycles. The molecule has 1 aliphatic rings. The number of carbonyl (C=O) groups is 1. The number of carbonyl (C=O) groups excluding carboxylic acids is 1. The van der Waals surface area contributed by atoms with E-state index in [-0.39, 0.29) is 22.5 Å². The lowest BCUT2D eigenvalue weighted by molar-refractivity contribution is 0.0972. The largest absolute Gasteiger partial charge is 0.293 e. The summed E-state index contributed by atoms with van der Waals surface area (Å²) in [4.78, 5) is 12.0. The Labute approximate surface area is 97.2 Å². The Morgan fingerprint density at radius 1 is 1.38 bits per heavy atom. The van der Waals surface area contributed by atoms with E-state index < -0.39 is 11.6 Å². The normalized spacial score (nSPS) is 20.1. The van der Waals surface area contributed by atoms with Gasteiger partial charge in [-0.2, -0.15) is 0 Å². The first-order valence-corrected chi connectivity index (χ1v) is 6.20. The molecule has 1 heterocycles. The van der Waals surface area contributed by atoms with Crippen molar-refractivity contribution in [3.8, 4) is 0 Å². The highest BCUT2D eigenvalue weighted by Crippen LogP contribution is 2.35. The number of hydrogen-bond donors (Lipinski definition) is 0. The van der Waals surface area contributed by atoms with Gasteiger partial charge in [-0.25, -0.2) is 8.78 Å². The van der Waals surface area contributed by atoms with E-state index in [1.807, 2.05) is 13.8 Å². The zero-order valence-corrected chi connectivity index (χ0v) is 9.91. The quantitative estimate of drug-likeness (QED) is 0.750. The Morgan fingerprint density at radius 2 is 2.06 bits per heavy atom. The lowest BCUT2D eigenvalue weighted by Gasteiger charge is -2.25. The summed E-state index contributed by atoms with van der Waals surface area (Å²) in [7, 11) is 0.